The fraction of sp³-hybridized carbons (Fsp3) is 0.550. The van der Waals surface area contributed by atoms with Crippen molar-refractivity contribution in [2.24, 2.45) is 11.8 Å². The summed E-state index contributed by atoms with van der Waals surface area (Å²) in [6.07, 6.45) is 5.80. The van der Waals surface area contributed by atoms with E-state index in [0.717, 1.165) is 18.7 Å². The van der Waals surface area contributed by atoms with Gasteiger partial charge in [0.25, 0.3) is 5.91 Å². The van der Waals surface area contributed by atoms with Crippen molar-refractivity contribution in [3.8, 4) is 0 Å². The monoisotopic (exact) mass is 343 g/mol. The molecule has 0 N–H and O–H groups in total. The summed E-state index contributed by atoms with van der Waals surface area (Å²) in [5, 5.41) is 0. The number of aromatic nitrogens is 1. The van der Waals surface area contributed by atoms with E-state index in [0.29, 0.717) is 37.5 Å². The highest BCUT2D eigenvalue weighted by molar-refractivity contribution is 5.94. The summed E-state index contributed by atoms with van der Waals surface area (Å²) >= 11 is 0. The van der Waals surface area contributed by atoms with Gasteiger partial charge in [-0.05, 0) is 30.9 Å². The van der Waals surface area contributed by atoms with Crippen molar-refractivity contribution in [3.63, 3.8) is 0 Å². The summed E-state index contributed by atoms with van der Waals surface area (Å²) in [5.41, 5.74) is 0.577. The summed E-state index contributed by atoms with van der Waals surface area (Å²) in [7, 11) is 1.93. The van der Waals surface area contributed by atoms with E-state index in [9.17, 15) is 9.59 Å². The number of ketones is 1. The Hall–Kier alpha value is -2.17. The van der Waals surface area contributed by atoms with Crippen LogP contribution in [0.4, 0.5) is 5.82 Å². The minimum absolute atomic E-state index is 0.0222. The first-order chi connectivity index (χ1) is 11.9. The number of rotatable bonds is 7. The van der Waals surface area contributed by atoms with Crippen LogP contribution < -0.4 is 4.90 Å². The number of piperidine rings is 1. The molecule has 5 heteroatoms. The van der Waals surface area contributed by atoms with E-state index >= 15 is 0 Å². The molecule has 1 aromatic rings. The molecule has 0 aliphatic carbocycles. The lowest BCUT2D eigenvalue weighted by atomic mass is 9.89. The first-order valence-electron chi connectivity index (χ1n) is 9.02. The Morgan fingerprint density at radius 1 is 1.44 bits per heavy atom. The van der Waals surface area contributed by atoms with Crippen LogP contribution in [-0.4, -0.2) is 48.3 Å². The van der Waals surface area contributed by atoms with Crippen LogP contribution >= 0.6 is 0 Å². The SMILES string of the molecule is C=CCN(C)c1ccc(C(=O)N2CCC[C@H](C(=O)CC(C)C)C2)cn1. The molecule has 2 heterocycles. The van der Waals surface area contributed by atoms with Crippen molar-refractivity contribution >= 4 is 17.5 Å². The molecule has 5 nitrogen and oxygen atoms in total. The Kier molecular flexibility index (Phi) is 6.73. The molecule has 2 rings (SSSR count). The van der Waals surface area contributed by atoms with Gasteiger partial charge >= 0.3 is 0 Å². The minimum Gasteiger partial charge on any atom is -0.356 e. The Morgan fingerprint density at radius 3 is 2.80 bits per heavy atom. The molecule has 1 amide bonds. The molecule has 0 saturated carbocycles. The number of likely N-dealkylation sites (tertiary alicyclic amines) is 1. The lowest BCUT2D eigenvalue weighted by Gasteiger charge is -2.32. The van der Waals surface area contributed by atoms with Crippen molar-refractivity contribution in [2.75, 3.05) is 31.6 Å². The van der Waals surface area contributed by atoms with Crippen molar-refractivity contribution in [1.29, 1.82) is 0 Å². The van der Waals surface area contributed by atoms with Gasteiger partial charge in [0.15, 0.2) is 0 Å². The number of amides is 1. The number of anilines is 1. The van der Waals surface area contributed by atoms with Gasteiger partial charge in [-0.2, -0.15) is 0 Å². The highest BCUT2D eigenvalue weighted by atomic mass is 16.2. The van der Waals surface area contributed by atoms with Crippen molar-refractivity contribution in [2.45, 2.75) is 33.1 Å². The number of likely N-dealkylation sites (N-methyl/N-ethyl adjacent to an activating group) is 1. The molecule has 136 valence electrons. The van der Waals surface area contributed by atoms with Crippen molar-refractivity contribution in [3.05, 3.63) is 36.5 Å². The van der Waals surface area contributed by atoms with E-state index in [-0.39, 0.29) is 17.6 Å². The van der Waals surface area contributed by atoms with Crippen LogP contribution in [-0.2, 0) is 4.79 Å². The molecule has 1 aliphatic heterocycles. The van der Waals surface area contributed by atoms with Crippen LogP contribution in [0.2, 0.25) is 0 Å². The average molecular weight is 343 g/mol. The first-order valence-corrected chi connectivity index (χ1v) is 9.02. The van der Waals surface area contributed by atoms with Crippen LogP contribution in [0, 0.1) is 11.8 Å². The maximum atomic E-state index is 12.7. The van der Waals surface area contributed by atoms with E-state index in [2.05, 4.69) is 25.4 Å². The molecule has 25 heavy (non-hydrogen) atoms. The van der Waals surface area contributed by atoms with Gasteiger partial charge in [0.05, 0.1) is 5.56 Å². The van der Waals surface area contributed by atoms with Gasteiger partial charge in [-0.3, -0.25) is 9.59 Å². The van der Waals surface area contributed by atoms with Gasteiger partial charge < -0.3 is 9.80 Å². The van der Waals surface area contributed by atoms with E-state index in [1.165, 1.54) is 0 Å². The Morgan fingerprint density at radius 2 is 2.20 bits per heavy atom. The number of hydrogen-bond acceptors (Lipinski definition) is 4. The lowest BCUT2D eigenvalue weighted by Crippen LogP contribution is -2.42. The standard InChI is InChI=1S/C20H29N3O2/c1-5-10-22(4)19-9-8-16(13-21-19)20(25)23-11-6-7-17(14-23)18(24)12-15(2)3/h5,8-9,13,15,17H,1,6-7,10-12,14H2,2-4H3/t17-/m0/s1. The van der Waals surface area contributed by atoms with Gasteiger partial charge in [0.1, 0.15) is 11.6 Å². The largest absolute Gasteiger partial charge is 0.356 e. The Bertz CT molecular complexity index is 610. The normalized spacial score (nSPS) is 17.4. The summed E-state index contributed by atoms with van der Waals surface area (Å²) in [6, 6.07) is 3.66. The van der Waals surface area contributed by atoms with E-state index in [1.54, 1.807) is 11.1 Å². The number of hydrogen-bond donors (Lipinski definition) is 0. The third-order valence-electron chi connectivity index (χ3n) is 4.56. The van der Waals surface area contributed by atoms with E-state index in [4.69, 9.17) is 0 Å². The molecule has 0 aromatic carbocycles. The number of carbonyl (C=O) groups is 2. The van der Waals surface area contributed by atoms with Crippen LogP contribution in [0.3, 0.4) is 0 Å². The molecule has 0 radical (unpaired) electrons. The summed E-state index contributed by atoms with van der Waals surface area (Å²) in [6.45, 7) is 9.77. The first kappa shape index (κ1) is 19.2. The number of carbonyl (C=O) groups excluding carboxylic acids is 2. The molecular formula is C20H29N3O2. The van der Waals surface area contributed by atoms with Gasteiger partial charge in [0, 0.05) is 45.2 Å². The van der Waals surface area contributed by atoms with E-state index in [1.807, 2.05) is 30.2 Å². The smallest absolute Gasteiger partial charge is 0.255 e. The molecule has 0 unspecified atom stereocenters. The van der Waals surface area contributed by atoms with Gasteiger partial charge in [-0.1, -0.05) is 19.9 Å². The van der Waals surface area contributed by atoms with Crippen LogP contribution in [0.5, 0.6) is 0 Å². The second-order valence-corrected chi connectivity index (χ2v) is 7.23. The molecule has 1 aromatic heterocycles. The zero-order chi connectivity index (χ0) is 18.4. The molecule has 1 fully saturated rings. The summed E-state index contributed by atoms with van der Waals surface area (Å²) < 4.78 is 0. The average Bonchev–Trinajstić information content (AvgIpc) is 2.61. The minimum atomic E-state index is -0.0347. The second-order valence-electron chi connectivity index (χ2n) is 7.23. The topological polar surface area (TPSA) is 53.5 Å². The maximum absolute atomic E-state index is 12.7. The third kappa shape index (κ3) is 5.15. The van der Waals surface area contributed by atoms with Crippen LogP contribution in [0.15, 0.2) is 31.0 Å². The number of Topliss-reactive ketones (excluding diaryl/α,β-unsaturated/α-hetero) is 1. The fourth-order valence-corrected chi connectivity index (χ4v) is 3.20. The van der Waals surface area contributed by atoms with Gasteiger partial charge in [-0.25, -0.2) is 4.98 Å². The molecular weight excluding hydrogens is 314 g/mol. The highest BCUT2D eigenvalue weighted by Crippen LogP contribution is 2.22. The van der Waals surface area contributed by atoms with Gasteiger partial charge in [-0.15, -0.1) is 6.58 Å². The maximum Gasteiger partial charge on any atom is 0.255 e. The quantitative estimate of drug-likeness (QED) is 0.714. The molecule has 1 saturated heterocycles. The molecule has 0 spiro atoms. The van der Waals surface area contributed by atoms with E-state index < -0.39 is 0 Å². The van der Waals surface area contributed by atoms with Crippen molar-refractivity contribution < 1.29 is 9.59 Å². The van der Waals surface area contributed by atoms with Gasteiger partial charge in [0.2, 0.25) is 0 Å². The van der Waals surface area contributed by atoms with Crippen LogP contribution in [0.1, 0.15) is 43.5 Å². The molecule has 0 bridgehead atoms. The molecule has 1 atom stereocenters. The number of nitrogens with zero attached hydrogens (tertiary/aromatic N) is 3. The van der Waals surface area contributed by atoms with Crippen molar-refractivity contribution in [1.82, 2.24) is 9.88 Å². The Balaban J connectivity index is 2.01. The van der Waals surface area contributed by atoms with Crippen LogP contribution in [0.25, 0.3) is 0 Å². The fourth-order valence-electron chi connectivity index (χ4n) is 3.20. The predicted molar refractivity (Wildman–Crippen MR) is 101 cm³/mol. The third-order valence-corrected chi connectivity index (χ3v) is 4.56. The lowest BCUT2D eigenvalue weighted by molar-refractivity contribution is -0.124. The summed E-state index contributed by atoms with van der Waals surface area (Å²) in [5.74, 6) is 1.40. The Labute approximate surface area is 150 Å². The molecule has 1 aliphatic rings. The summed E-state index contributed by atoms with van der Waals surface area (Å²) in [4.78, 5) is 33.2. The number of pyridine rings is 1. The highest BCUT2D eigenvalue weighted by Gasteiger charge is 2.29. The zero-order valence-electron chi connectivity index (χ0n) is 15.6. The second kappa shape index (κ2) is 8.79. The zero-order valence-corrected chi connectivity index (χ0v) is 15.6. The predicted octanol–water partition coefficient (Wildman–Crippen LogP) is 3.17.